The number of halogens is 4. The summed E-state index contributed by atoms with van der Waals surface area (Å²) < 4.78 is 42.3. The fourth-order valence-electron chi connectivity index (χ4n) is 3.68. The van der Waals surface area contributed by atoms with Crippen LogP contribution < -0.4 is 0 Å². The van der Waals surface area contributed by atoms with E-state index in [0.29, 0.717) is 27.7 Å². The Morgan fingerprint density at radius 3 is 2.00 bits per heavy atom. The van der Waals surface area contributed by atoms with E-state index >= 15 is 0 Å². The molecule has 0 bridgehead atoms. The molecule has 4 aromatic rings. The van der Waals surface area contributed by atoms with Gasteiger partial charge in [-0.05, 0) is 32.8 Å². The molecule has 0 unspecified atom stereocenters. The van der Waals surface area contributed by atoms with Gasteiger partial charge in [0.05, 0.1) is 10.7 Å². The molecule has 4 nitrogen and oxygen atoms in total. The zero-order chi connectivity index (χ0) is 23.3. The molecule has 33 heavy (non-hydrogen) atoms. The maximum atomic E-state index is 13.7. The van der Waals surface area contributed by atoms with Crippen LogP contribution in [0.1, 0.15) is 41.3 Å². The topological polar surface area (TPSA) is 43.6 Å². The second-order valence-corrected chi connectivity index (χ2v) is 8.78. The van der Waals surface area contributed by atoms with Crippen LogP contribution >= 0.6 is 11.6 Å². The second kappa shape index (κ2) is 7.99. The zero-order valence-electron chi connectivity index (χ0n) is 18.0. The smallest absolute Gasteiger partial charge is 0.216 e. The largest absolute Gasteiger partial charge is 0.433 e. The summed E-state index contributed by atoms with van der Waals surface area (Å²) in [5.74, 6) is -0.124. The van der Waals surface area contributed by atoms with Gasteiger partial charge in [0.1, 0.15) is 11.4 Å². The highest BCUT2D eigenvalue weighted by molar-refractivity contribution is 6.35. The molecule has 1 saturated carbocycles. The van der Waals surface area contributed by atoms with Gasteiger partial charge in [0.25, 0.3) is 5.95 Å². The average molecular weight is 469 g/mol. The Kier molecular flexibility index (Phi) is 5.24. The van der Waals surface area contributed by atoms with E-state index in [-0.39, 0.29) is 11.9 Å². The summed E-state index contributed by atoms with van der Waals surface area (Å²) in [7, 11) is 0. The fraction of sp³-hybridized carbons (Fsp3) is 0.240. The van der Waals surface area contributed by atoms with E-state index in [1.807, 2.05) is 62.4 Å². The van der Waals surface area contributed by atoms with Gasteiger partial charge < -0.3 is 0 Å². The monoisotopic (exact) mass is 468 g/mol. The summed E-state index contributed by atoms with van der Waals surface area (Å²) in [4.78, 5) is 8.33. The van der Waals surface area contributed by atoms with Crippen LogP contribution in [0.25, 0.3) is 28.5 Å². The average Bonchev–Trinajstić information content (AvgIpc) is 3.58. The highest BCUT2D eigenvalue weighted by atomic mass is 35.5. The maximum absolute atomic E-state index is 13.7. The Labute approximate surface area is 194 Å². The molecular formula is C25H20ClF3N4. The second-order valence-electron chi connectivity index (χ2n) is 8.41. The predicted octanol–water partition coefficient (Wildman–Crippen LogP) is 7.16. The van der Waals surface area contributed by atoms with Gasteiger partial charge >= 0.3 is 6.18 Å². The van der Waals surface area contributed by atoms with Crippen LogP contribution in [-0.2, 0) is 6.18 Å². The lowest BCUT2D eigenvalue weighted by Crippen LogP contribution is -2.15. The lowest BCUT2D eigenvalue weighted by Gasteiger charge is -2.12. The molecule has 8 heteroatoms. The molecule has 0 aliphatic heterocycles. The minimum Gasteiger partial charge on any atom is -0.216 e. The van der Waals surface area contributed by atoms with Crippen LogP contribution in [0.15, 0.2) is 54.6 Å². The van der Waals surface area contributed by atoms with Crippen molar-refractivity contribution in [1.82, 2.24) is 19.7 Å². The van der Waals surface area contributed by atoms with E-state index in [1.165, 1.54) is 4.68 Å². The first-order chi connectivity index (χ1) is 15.7. The van der Waals surface area contributed by atoms with E-state index in [4.69, 9.17) is 11.6 Å². The van der Waals surface area contributed by atoms with E-state index in [1.54, 1.807) is 0 Å². The SMILES string of the molecule is Cc1ccc(-c2nn(-c3nc(C4CC4)cc(C(F)(F)F)n3)c(-c3ccc(C)cc3)c2Cl)cc1. The van der Waals surface area contributed by atoms with Crippen molar-refractivity contribution in [3.05, 3.63) is 82.1 Å². The molecule has 0 atom stereocenters. The number of benzene rings is 2. The lowest BCUT2D eigenvalue weighted by atomic mass is 10.1. The molecule has 2 heterocycles. The number of aryl methyl sites for hydroxylation is 2. The third-order valence-electron chi connectivity index (χ3n) is 5.69. The Bertz CT molecular complexity index is 1320. The van der Waals surface area contributed by atoms with Gasteiger partial charge in [0.15, 0.2) is 0 Å². The van der Waals surface area contributed by atoms with E-state index in [0.717, 1.165) is 35.6 Å². The Hall–Kier alpha value is -3.19. The third-order valence-corrected chi connectivity index (χ3v) is 6.05. The van der Waals surface area contributed by atoms with Crippen LogP contribution in [0.2, 0.25) is 5.02 Å². The summed E-state index contributed by atoms with van der Waals surface area (Å²) in [5.41, 5.74) is 3.90. The minimum atomic E-state index is -4.60. The van der Waals surface area contributed by atoms with E-state index in [2.05, 4.69) is 15.1 Å². The van der Waals surface area contributed by atoms with Gasteiger partial charge in [-0.2, -0.15) is 23.0 Å². The number of hydrogen-bond acceptors (Lipinski definition) is 3. The molecule has 2 aromatic heterocycles. The molecule has 1 aliphatic rings. The number of nitrogens with zero attached hydrogens (tertiary/aromatic N) is 4. The fourth-order valence-corrected chi connectivity index (χ4v) is 4.02. The first-order valence-electron chi connectivity index (χ1n) is 10.6. The molecule has 168 valence electrons. The molecule has 0 saturated heterocycles. The quantitative estimate of drug-likeness (QED) is 0.319. The van der Waals surface area contributed by atoms with Crippen molar-refractivity contribution in [2.75, 3.05) is 0 Å². The van der Waals surface area contributed by atoms with Crippen molar-refractivity contribution in [3.63, 3.8) is 0 Å². The third kappa shape index (κ3) is 4.25. The van der Waals surface area contributed by atoms with E-state index < -0.39 is 11.9 Å². The highest BCUT2D eigenvalue weighted by Gasteiger charge is 2.37. The van der Waals surface area contributed by atoms with Crippen molar-refractivity contribution in [2.45, 2.75) is 38.8 Å². The summed E-state index contributed by atoms with van der Waals surface area (Å²) >= 11 is 6.81. The Balaban J connectivity index is 1.76. The number of alkyl halides is 3. The standard InChI is InChI=1S/C25H20ClF3N4/c1-14-3-7-17(8-4-14)22-21(26)23(18-9-5-15(2)6-10-18)33(32-22)24-30-19(16-11-12-16)13-20(31-24)25(27,28)29/h3-10,13,16H,11-12H2,1-2H3. The van der Waals surface area contributed by atoms with Crippen LogP contribution in [0.5, 0.6) is 0 Å². The van der Waals surface area contributed by atoms with Crippen molar-refractivity contribution < 1.29 is 13.2 Å². The molecule has 5 rings (SSSR count). The Morgan fingerprint density at radius 1 is 0.879 bits per heavy atom. The molecule has 0 radical (unpaired) electrons. The van der Waals surface area contributed by atoms with Crippen molar-refractivity contribution in [3.8, 4) is 28.5 Å². The van der Waals surface area contributed by atoms with Crippen LogP contribution in [0.4, 0.5) is 13.2 Å². The molecule has 0 N–H and O–H groups in total. The van der Waals surface area contributed by atoms with Gasteiger partial charge in [-0.25, -0.2) is 9.97 Å². The highest BCUT2D eigenvalue weighted by Crippen LogP contribution is 2.42. The van der Waals surface area contributed by atoms with Gasteiger partial charge in [-0.1, -0.05) is 71.3 Å². The zero-order valence-corrected chi connectivity index (χ0v) is 18.7. The molecule has 1 fully saturated rings. The number of hydrogen-bond donors (Lipinski definition) is 0. The first-order valence-corrected chi connectivity index (χ1v) is 11.0. The van der Waals surface area contributed by atoms with E-state index in [9.17, 15) is 13.2 Å². The lowest BCUT2D eigenvalue weighted by molar-refractivity contribution is -0.141. The number of aromatic nitrogens is 4. The van der Waals surface area contributed by atoms with Gasteiger partial charge in [-0.3, -0.25) is 0 Å². The molecule has 0 spiro atoms. The normalized spacial score (nSPS) is 14.0. The van der Waals surface area contributed by atoms with Crippen molar-refractivity contribution in [2.24, 2.45) is 0 Å². The van der Waals surface area contributed by atoms with Gasteiger partial charge in [0.2, 0.25) is 0 Å². The van der Waals surface area contributed by atoms with Crippen LogP contribution in [-0.4, -0.2) is 19.7 Å². The Morgan fingerprint density at radius 2 is 1.45 bits per heavy atom. The first kappa shape index (κ1) is 21.6. The number of rotatable bonds is 4. The van der Waals surface area contributed by atoms with Crippen LogP contribution in [0, 0.1) is 13.8 Å². The van der Waals surface area contributed by atoms with Crippen LogP contribution in [0.3, 0.4) is 0 Å². The van der Waals surface area contributed by atoms with Crippen molar-refractivity contribution >= 4 is 11.6 Å². The molecule has 0 amide bonds. The van der Waals surface area contributed by atoms with Crippen molar-refractivity contribution in [1.29, 1.82) is 0 Å². The summed E-state index contributed by atoms with van der Waals surface area (Å²) in [6.45, 7) is 3.93. The molecular weight excluding hydrogens is 449 g/mol. The summed E-state index contributed by atoms with van der Waals surface area (Å²) in [5, 5.41) is 4.95. The predicted molar refractivity (Wildman–Crippen MR) is 121 cm³/mol. The molecule has 1 aliphatic carbocycles. The molecule has 2 aromatic carbocycles. The summed E-state index contributed by atoms with van der Waals surface area (Å²) in [6.07, 6.45) is -2.97. The minimum absolute atomic E-state index is 0.0123. The van der Waals surface area contributed by atoms with Gasteiger partial charge in [-0.15, -0.1) is 0 Å². The van der Waals surface area contributed by atoms with Gasteiger partial charge in [0, 0.05) is 22.7 Å². The maximum Gasteiger partial charge on any atom is 0.433 e. The summed E-state index contributed by atoms with van der Waals surface area (Å²) in [6, 6.07) is 16.2.